The van der Waals surface area contributed by atoms with E-state index < -0.39 is 17.9 Å². The maximum absolute atomic E-state index is 13.8. The summed E-state index contributed by atoms with van der Waals surface area (Å²) in [4.78, 5) is 23.4. The van der Waals surface area contributed by atoms with Crippen molar-refractivity contribution in [3.8, 4) is 0 Å². The molecular weight excluding hydrogens is 414 g/mol. The summed E-state index contributed by atoms with van der Waals surface area (Å²) in [6.45, 7) is 5.39. The first-order valence-corrected chi connectivity index (χ1v) is 9.95. The van der Waals surface area contributed by atoms with E-state index in [2.05, 4.69) is 20.3 Å². The van der Waals surface area contributed by atoms with Gasteiger partial charge >= 0.3 is 0 Å². The van der Waals surface area contributed by atoms with Crippen molar-refractivity contribution < 1.29 is 13.6 Å². The minimum absolute atomic E-state index is 0.129. The maximum atomic E-state index is 13.8. The Balaban J connectivity index is 1.78. The van der Waals surface area contributed by atoms with Gasteiger partial charge in [-0.1, -0.05) is 49.7 Å². The summed E-state index contributed by atoms with van der Waals surface area (Å²) in [5, 5.41) is 8.53. The fourth-order valence-electron chi connectivity index (χ4n) is 3.33. The van der Waals surface area contributed by atoms with Gasteiger partial charge in [-0.05, 0) is 12.1 Å². The Kier molecular flexibility index (Phi) is 4.96. The average Bonchev–Trinajstić information content (AvgIpc) is 3.23. The van der Waals surface area contributed by atoms with Gasteiger partial charge in [-0.2, -0.15) is 0 Å². The van der Waals surface area contributed by atoms with Crippen molar-refractivity contribution in [1.29, 1.82) is 0 Å². The van der Waals surface area contributed by atoms with Gasteiger partial charge in [-0.15, -0.1) is 5.10 Å². The van der Waals surface area contributed by atoms with Crippen LogP contribution in [0.25, 0.3) is 11.2 Å². The largest absolute Gasteiger partial charge is 0.348 e. The molecule has 3 heterocycles. The van der Waals surface area contributed by atoms with Crippen LogP contribution in [0.5, 0.6) is 0 Å². The molecule has 30 heavy (non-hydrogen) atoms. The smallest absolute Gasteiger partial charge is 0.266 e. The highest BCUT2D eigenvalue weighted by atomic mass is 35.5. The number of hydrogen-bond donors (Lipinski definition) is 0. The number of ketones is 1. The molecule has 0 atom stereocenters. The van der Waals surface area contributed by atoms with Crippen molar-refractivity contribution in [2.75, 3.05) is 18.0 Å². The van der Waals surface area contributed by atoms with E-state index in [1.54, 1.807) is 24.3 Å². The molecule has 158 valence electrons. The lowest BCUT2D eigenvalue weighted by molar-refractivity contribution is 0.0257. The first-order valence-electron chi connectivity index (χ1n) is 9.57. The third-order valence-electron chi connectivity index (χ3n) is 4.95. The van der Waals surface area contributed by atoms with Gasteiger partial charge in [0, 0.05) is 23.9 Å². The predicted octanol–water partition coefficient (Wildman–Crippen LogP) is 3.90. The molecule has 0 saturated carbocycles. The predicted molar refractivity (Wildman–Crippen MR) is 109 cm³/mol. The number of rotatable bonds is 4. The van der Waals surface area contributed by atoms with Gasteiger partial charge in [0.2, 0.25) is 0 Å². The van der Waals surface area contributed by atoms with Gasteiger partial charge in [0.05, 0.1) is 11.6 Å². The molecule has 1 aromatic carbocycles. The van der Waals surface area contributed by atoms with Crippen molar-refractivity contribution >= 4 is 34.4 Å². The van der Waals surface area contributed by atoms with Crippen molar-refractivity contribution in [2.24, 2.45) is 0 Å². The molecule has 1 saturated heterocycles. The van der Waals surface area contributed by atoms with Crippen LogP contribution in [-0.2, 0) is 12.0 Å². The number of anilines is 1. The number of carbonyl (C=O) groups is 1. The third-order valence-corrected chi connectivity index (χ3v) is 5.28. The molecule has 0 spiro atoms. The summed E-state index contributed by atoms with van der Waals surface area (Å²) in [6, 6.07) is 6.74. The summed E-state index contributed by atoms with van der Waals surface area (Å²) < 4.78 is 29.0. The van der Waals surface area contributed by atoms with E-state index in [-0.39, 0.29) is 25.3 Å². The lowest BCUT2D eigenvalue weighted by Crippen LogP contribution is -2.27. The second-order valence-corrected chi connectivity index (χ2v) is 8.88. The fraction of sp³-hybridized carbons (Fsp3) is 0.450. The fourth-order valence-corrected chi connectivity index (χ4v) is 3.57. The van der Waals surface area contributed by atoms with Crippen LogP contribution < -0.4 is 4.90 Å². The van der Waals surface area contributed by atoms with Crippen LogP contribution in [0.3, 0.4) is 0 Å². The number of fused-ring (bicyclic) bond motifs is 1. The summed E-state index contributed by atoms with van der Waals surface area (Å²) >= 11 is 6.13. The van der Waals surface area contributed by atoms with E-state index in [0.717, 1.165) is 0 Å². The normalized spacial score (nSPS) is 16.4. The average molecular weight is 435 g/mol. The van der Waals surface area contributed by atoms with E-state index in [0.29, 0.717) is 33.4 Å². The number of Topliss-reactive ketones (excluding diaryl/α,β-unsaturated/α-hetero) is 1. The molecule has 1 fully saturated rings. The van der Waals surface area contributed by atoms with Crippen molar-refractivity contribution in [3.05, 3.63) is 40.7 Å². The molecule has 0 aliphatic carbocycles. The first-order chi connectivity index (χ1) is 14.0. The van der Waals surface area contributed by atoms with Crippen LogP contribution in [0.1, 0.15) is 43.4 Å². The second kappa shape index (κ2) is 7.23. The Labute approximate surface area is 177 Å². The number of nitrogens with zero attached hydrogens (tertiary/aromatic N) is 6. The van der Waals surface area contributed by atoms with Crippen molar-refractivity contribution in [3.63, 3.8) is 0 Å². The molecule has 7 nitrogen and oxygen atoms in total. The minimum atomic E-state index is -2.78. The van der Waals surface area contributed by atoms with Gasteiger partial charge < -0.3 is 4.90 Å². The number of benzene rings is 1. The molecular formula is C20H21ClF2N6O. The van der Waals surface area contributed by atoms with Gasteiger partial charge in [-0.3, -0.25) is 4.79 Å². The van der Waals surface area contributed by atoms with Crippen LogP contribution in [0, 0.1) is 0 Å². The van der Waals surface area contributed by atoms with Crippen LogP contribution >= 0.6 is 11.6 Å². The summed E-state index contributed by atoms with van der Waals surface area (Å²) in [5.74, 6) is -2.25. The molecule has 4 rings (SSSR count). The molecule has 1 aliphatic heterocycles. The summed E-state index contributed by atoms with van der Waals surface area (Å²) in [7, 11) is 0. The Morgan fingerprint density at radius 3 is 2.60 bits per heavy atom. The van der Waals surface area contributed by atoms with Crippen LogP contribution in [0.4, 0.5) is 14.6 Å². The van der Waals surface area contributed by atoms with E-state index >= 15 is 0 Å². The number of hydrogen-bond acceptors (Lipinski definition) is 6. The van der Waals surface area contributed by atoms with Crippen LogP contribution in [0.2, 0.25) is 5.02 Å². The Morgan fingerprint density at radius 1 is 1.23 bits per heavy atom. The standard InChI is InChI=1S/C20H21ClF2N6O/c1-19(2,3)18-24-16(28-9-8-20(22,23)11-28)15-17(25-18)29(27-26-15)10-14(30)12-6-4-5-7-13(12)21/h4-7H,8-11H2,1-3H3. The minimum Gasteiger partial charge on any atom is -0.348 e. The summed E-state index contributed by atoms with van der Waals surface area (Å²) in [6.07, 6.45) is -0.248. The number of alkyl halides is 2. The highest BCUT2D eigenvalue weighted by Gasteiger charge is 2.40. The topological polar surface area (TPSA) is 76.8 Å². The van der Waals surface area contributed by atoms with Crippen molar-refractivity contribution in [2.45, 2.75) is 45.1 Å². The van der Waals surface area contributed by atoms with Crippen molar-refractivity contribution in [1.82, 2.24) is 25.0 Å². The number of carbonyl (C=O) groups excluding carboxylic acids is 1. The molecule has 0 radical (unpaired) electrons. The third kappa shape index (κ3) is 3.86. The van der Waals surface area contributed by atoms with Gasteiger partial charge in [0.15, 0.2) is 22.8 Å². The zero-order valence-corrected chi connectivity index (χ0v) is 17.6. The number of halogens is 3. The quantitative estimate of drug-likeness (QED) is 0.579. The number of aromatic nitrogens is 5. The monoisotopic (exact) mass is 434 g/mol. The van der Waals surface area contributed by atoms with Gasteiger partial charge in [0.1, 0.15) is 12.4 Å². The molecule has 0 unspecified atom stereocenters. The van der Waals surface area contributed by atoms with Crippen LogP contribution in [-0.4, -0.2) is 49.8 Å². The van der Waals surface area contributed by atoms with Gasteiger partial charge in [-0.25, -0.2) is 23.4 Å². The van der Waals surface area contributed by atoms with Crippen LogP contribution in [0.15, 0.2) is 24.3 Å². The van der Waals surface area contributed by atoms with E-state index in [1.807, 2.05) is 20.8 Å². The molecule has 0 N–H and O–H groups in total. The highest BCUT2D eigenvalue weighted by Crippen LogP contribution is 2.34. The Morgan fingerprint density at radius 2 is 1.97 bits per heavy atom. The molecule has 2 aromatic heterocycles. The molecule has 3 aromatic rings. The zero-order valence-electron chi connectivity index (χ0n) is 16.9. The first kappa shape index (κ1) is 20.6. The zero-order chi connectivity index (χ0) is 21.7. The molecule has 10 heteroatoms. The van der Waals surface area contributed by atoms with E-state index in [1.165, 1.54) is 9.58 Å². The Hall–Kier alpha value is -2.68. The molecule has 0 bridgehead atoms. The van der Waals surface area contributed by atoms with E-state index in [9.17, 15) is 13.6 Å². The van der Waals surface area contributed by atoms with E-state index in [4.69, 9.17) is 11.6 Å². The van der Waals surface area contributed by atoms with Gasteiger partial charge in [0.25, 0.3) is 5.92 Å². The maximum Gasteiger partial charge on any atom is 0.266 e. The molecule has 0 amide bonds. The lowest BCUT2D eigenvalue weighted by atomic mass is 9.96. The Bertz CT molecular complexity index is 1120. The lowest BCUT2D eigenvalue weighted by Gasteiger charge is -2.22. The highest BCUT2D eigenvalue weighted by molar-refractivity contribution is 6.33. The molecule has 1 aliphatic rings. The SMILES string of the molecule is CC(C)(C)c1nc(N2CCC(F)(F)C2)c2nnn(CC(=O)c3ccccc3Cl)c2n1. The summed E-state index contributed by atoms with van der Waals surface area (Å²) in [5.41, 5.74) is 0.563. The second-order valence-electron chi connectivity index (χ2n) is 8.47.